The lowest BCUT2D eigenvalue weighted by Gasteiger charge is -2.20. The largest absolute Gasteiger partial charge is 0.325 e. The standard InChI is InChI=1S/C21H28N2O/c1-5-6-7-13-18-16(12-10-15-22-18)17-11-8-9-14-19(17)23-20(24)21(2,3)4/h8-12,14-15H,5-7,13H2,1-4H3,(H,23,24). The highest BCUT2D eigenvalue weighted by Crippen LogP contribution is 2.31. The highest BCUT2D eigenvalue weighted by Gasteiger charge is 2.22. The van der Waals surface area contributed by atoms with Crippen molar-refractivity contribution in [2.24, 2.45) is 5.41 Å². The van der Waals surface area contributed by atoms with Crippen LogP contribution in [0.5, 0.6) is 0 Å². The molecule has 3 heteroatoms. The summed E-state index contributed by atoms with van der Waals surface area (Å²) < 4.78 is 0. The lowest BCUT2D eigenvalue weighted by molar-refractivity contribution is -0.123. The lowest BCUT2D eigenvalue weighted by Crippen LogP contribution is -2.27. The van der Waals surface area contributed by atoms with Crippen LogP contribution >= 0.6 is 0 Å². The van der Waals surface area contributed by atoms with E-state index in [4.69, 9.17) is 0 Å². The fourth-order valence-corrected chi connectivity index (χ4v) is 2.56. The number of carbonyl (C=O) groups excluding carboxylic acids is 1. The molecule has 0 bridgehead atoms. The fourth-order valence-electron chi connectivity index (χ4n) is 2.56. The molecule has 2 rings (SSSR count). The van der Waals surface area contributed by atoms with Crippen LogP contribution < -0.4 is 5.32 Å². The quantitative estimate of drug-likeness (QED) is 0.716. The van der Waals surface area contributed by atoms with Crippen LogP contribution in [-0.2, 0) is 11.2 Å². The number of aromatic nitrogens is 1. The minimum absolute atomic E-state index is 0.0198. The van der Waals surface area contributed by atoms with E-state index in [2.05, 4.69) is 29.4 Å². The molecule has 0 unspecified atom stereocenters. The molecule has 0 saturated heterocycles. The van der Waals surface area contributed by atoms with Gasteiger partial charge in [0.2, 0.25) is 5.91 Å². The maximum atomic E-state index is 12.4. The van der Waals surface area contributed by atoms with Crippen LogP contribution in [0.1, 0.15) is 52.7 Å². The second-order valence-corrected chi connectivity index (χ2v) is 7.20. The van der Waals surface area contributed by atoms with Gasteiger partial charge in [-0.05, 0) is 25.0 Å². The molecule has 0 spiro atoms. The number of aryl methyl sites for hydroxylation is 1. The van der Waals surface area contributed by atoms with E-state index in [0.717, 1.165) is 35.3 Å². The molecule has 1 heterocycles. The van der Waals surface area contributed by atoms with Crippen LogP contribution in [0, 0.1) is 5.41 Å². The van der Waals surface area contributed by atoms with E-state index in [0.29, 0.717) is 0 Å². The molecule has 2 aromatic rings. The van der Waals surface area contributed by atoms with Gasteiger partial charge in [0.25, 0.3) is 0 Å². The number of pyridine rings is 1. The number of nitrogens with one attached hydrogen (secondary N) is 1. The summed E-state index contributed by atoms with van der Waals surface area (Å²) in [5.74, 6) is 0.0198. The second-order valence-electron chi connectivity index (χ2n) is 7.20. The van der Waals surface area contributed by atoms with Crippen LogP contribution in [0.2, 0.25) is 0 Å². The SMILES string of the molecule is CCCCCc1ncccc1-c1ccccc1NC(=O)C(C)(C)C. The van der Waals surface area contributed by atoms with Crippen molar-refractivity contribution in [3.8, 4) is 11.1 Å². The number of para-hydroxylation sites is 1. The summed E-state index contributed by atoms with van der Waals surface area (Å²) in [4.78, 5) is 17.0. The van der Waals surface area contributed by atoms with Gasteiger partial charge < -0.3 is 5.32 Å². The van der Waals surface area contributed by atoms with Crippen LogP contribution in [0.3, 0.4) is 0 Å². The predicted octanol–water partition coefficient (Wildman–Crippen LogP) is 5.47. The molecule has 1 aromatic heterocycles. The highest BCUT2D eigenvalue weighted by atomic mass is 16.2. The summed E-state index contributed by atoms with van der Waals surface area (Å²) in [6.07, 6.45) is 6.35. The number of nitrogens with zero attached hydrogens (tertiary/aromatic N) is 1. The van der Waals surface area contributed by atoms with Crippen molar-refractivity contribution in [1.82, 2.24) is 4.98 Å². The third-order valence-corrected chi connectivity index (χ3v) is 4.05. The van der Waals surface area contributed by atoms with E-state index in [1.807, 2.05) is 51.2 Å². The Morgan fingerprint density at radius 1 is 1.04 bits per heavy atom. The van der Waals surface area contributed by atoms with E-state index in [-0.39, 0.29) is 5.91 Å². The number of rotatable bonds is 6. The molecule has 0 radical (unpaired) electrons. The molecular formula is C21H28N2O. The molecule has 3 nitrogen and oxygen atoms in total. The van der Waals surface area contributed by atoms with Crippen LogP contribution in [-0.4, -0.2) is 10.9 Å². The summed E-state index contributed by atoms with van der Waals surface area (Å²) in [7, 11) is 0. The molecule has 0 aliphatic carbocycles. The Labute approximate surface area is 145 Å². The predicted molar refractivity (Wildman–Crippen MR) is 101 cm³/mol. The molecule has 0 fully saturated rings. The molecule has 1 aromatic carbocycles. The van der Waals surface area contributed by atoms with Crippen LogP contribution in [0.15, 0.2) is 42.6 Å². The van der Waals surface area contributed by atoms with Crippen LogP contribution in [0.4, 0.5) is 5.69 Å². The van der Waals surface area contributed by atoms with Gasteiger partial charge in [0.05, 0.1) is 0 Å². The Kier molecular flexibility index (Phi) is 6.13. The topological polar surface area (TPSA) is 42.0 Å². The minimum atomic E-state index is -0.425. The molecular weight excluding hydrogens is 296 g/mol. The summed E-state index contributed by atoms with van der Waals surface area (Å²) in [5.41, 5.74) is 3.67. The van der Waals surface area contributed by atoms with Gasteiger partial charge in [-0.15, -0.1) is 0 Å². The zero-order valence-corrected chi connectivity index (χ0v) is 15.2. The van der Waals surface area contributed by atoms with Gasteiger partial charge >= 0.3 is 0 Å². The number of anilines is 1. The Bertz CT molecular complexity index is 686. The van der Waals surface area contributed by atoms with Gasteiger partial charge in [0.15, 0.2) is 0 Å². The Hall–Kier alpha value is -2.16. The smallest absolute Gasteiger partial charge is 0.229 e. The van der Waals surface area contributed by atoms with E-state index in [9.17, 15) is 4.79 Å². The van der Waals surface area contributed by atoms with Crippen molar-refractivity contribution in [1.29, 1.82) is 0 Å². The normalized spacial score (nSPS) is 11.3. The highest BCUT2D eigenvalue weighted by molar-refractivity contribution is 5.98. The monoisotopic (exact) mass is 324 g/mol. The van der Waals surface area contributed by atoms with Crippen molar-refractivity contribution < 1.29 is 4.79 Å². The Morgan fingerprint density at radius 3 is 2.46 bits per heavy atom. The van der Waals surface area contributed by atoms with Crippen molar-refractivity contribution in [2.75, 3.05) is 5.32 Å². The van der Waals surface area contributed by atoms with E-state index < -0.39 is 5.41 Å². The van der Waals surface area contributed by atoms with E-state index in [1.54, 1.807) is 0 Å². The average molecular weight is 324 g/mol. The number of amides is 1. The first-order chi connectivity index (χ1) is 11.4. The van der Waals surface area contributed by atoms with Crippen molar-refractivity contribution in [2.45, 2.75) is 53.4 Å². The lowest BCUT2D eigenvalue weighted by atomic mass is 9.94. The van der Waals surface area contributed by atoms with E-state index >= 15 is 0 Å². The molecule has 128 valence electrons. The summed E-state index contributed by atoms with van der Waals surface area (Å²) in [6, 6.07) is 12.0. The first-order valence-corrected chi connectivity index (χ1v) is 8.78. The van der Waals surface area contributed by atoms with Gasteiger partial charge in [0.1, 0.15) is 0 Å². The van der Waals surface area contributed by atoms with Gasteiger partial charge in [-0.3, -0.25) is 9.78 Å². The molecule has 24 heavy (non-hydrogen) atoms. The average Bonchev–Trinajstić information content (AvgIpc) is 2.55. The maximum Gasteiger partial charge on any atom is 0.229 e. The number of benzene rings is 1. The van der Waals surface area contributed by atoms with Crippen molar-refractivity contribution in [3.05, 3.63) is 48.3 Å². The van der Waals surface area contributed by atoms with Gasteiger partial charge in [0, 0.05) is 34.1 Å². The third kappa shape index (κ3) is 4.67. The molecule has 1 N–H and O–H groups in total. The van der Waals surface area contributed by atoms with Crippen molar-refractivity contribution in [3.63, 3.8) is 0 Å². The molecule has 0 aliphatic rings. The zero-order chi connectivity index (χ0) is 17.6. The molecule has 0 atom stereocenters. The first-order valence-electron chi connectivity index (χ1n) is 8.78. The van der Waals surface area contributed by atoms with Gasteiger partial charge in [-0.25, -0.2) is 0 Å². The minimum Gasteiger partial charge on any atom is -0.325 e. The first kappa shape index (κ1) is 18.2. The van der Waals surface area contributed by atoms with Gasteiger partial charge in [-0.1, -0.05) is 64.8 Å². The molecule has 1 amide bonds. The number of hydrogen-bond donors (Lipinski definition) is 1. The number of unbranched alkanes of at least 4 members (excludes halogenated alkanes) is 2. The van der Waals surface area contributed by atoms with E-state index in [1.165, 1.54) is 12.8 Å². The fraction of sp³-hybridized carbons (Fsp3) is 0.429. The third-order valence-electron chi connectivity index (χ3n) is 4.05. The van der Waals surface area contributed by atoms with Crippen LogP contribution in [0.25, 0.3) is 11.1 Å². The summed E-state index contributed by atoms with van der Waals surface area (Å²) in [6.45, 7) is 7.97. The molecule has 0 saturated carbocycles. The summed E-state index contributed by atoms with van der Waals surface area (Å²) in [5, 5.41) is 3.08. The number of hydrogen-bond acceptors (Lipinski definition) is 2. The second kappa shape index (κ2) is 8.09. The summed E-state index contributed by atoms with van der Waals surface area (Å²) >= 11 is 0. The van der Waals surface area contributed by atoms with Crippen molar-refractivity contribution >= 4 is 11.6 Å². The Morgan fingerprint density at radius 2 is 1.75 bits per heavy atom. The van der Waals surface area contributed by atoms with Gasteiger partial charge in [-0.2, -0.15) is 0 Å². The molecule has 0 aliphatic heterocycles. The number of carbonyl (C=O) groups is 1. The Balaban J connectivity index is 2.34. The zero-order valence-electron chi connectivity index (χ0n) is 15.2. The maximum absolute atomic E-state index is 12.4.